The number of nitrogens with one attached hydrogen (secondary N) is 1. The maximum Gasteiger partial charge on any atom is 0.123 e. The van der Waals surface area contributed by atoms with Gasteiger partial charge in [-0.3, -0.25) is 0 Å². The van der Waals surface area contributed by atoms with Crippen LogP contribution in [0.5, 0.6) is 5.75 Å². The third kappa shape index (κ3) is 3.93. The van der Waals surface area contributed by atoms with Crippen molar-refractivity contribution in [3.8, 4) is 5.75 Å². The molecule has 0 fully saturated rings. The van der Waals surface area contributed by atoms with E-state index in [1.54, 1.807) is 24.3 Å². The Labute approximate surface area is 110 Å². The topological polar surface area (TPSA) is 21.3 Å². The van der Waals surface area contributed by atoms with Gasteiger partial charge in [-0.1, -0.05) is 11.6 Å². The summed E-state index contributed by atoms with van der Waals surface area (Å²) in [7, 11) is 0. The van der Waals surface area contributed by atoms with E-state index in [4.69, 9.17) is 16.3 Å². The standard InChI is InChI=1S/C14H13ClFNO/c15-11-1-7-14(8-2-11)18-10-9-17-13-5-3-12(16)4-6-13/h1-8,17H,9-10H2. The van der Waals surface area contributed by atoms with Crippen LogP contribution in [0.15, 0.2) is 48.5 Å². The lowest BCUT2D eigenvalue weighted by Crippen LogP contribution is -2.11. The van der Waals surface area contributed by atoms with Crippen LogP contribution in [0.2, 0.25) is 5.02 Å². The molecule has 4 heteroatoms. The van der Waals surface area contributed by atoms with Gasteiger partial charge in [0.1, 0.15) is 18.2 Å². The summed E-state index contributed by atoms with van der Waals surface area (Å²) in [5.41, 5.74) is 0.871. The molecule has 2 nitrogen and oxygen atoms in total. The Hall–Kier alpha value is -1.74. The molecule has 0 atom stereocenters. The fourth-order valence-electron chi connectivity index (χ4n) is 1.46. The van der Waals surface area contributed by atoms with Crippen molar-refractivity contribution in [2.75, 3.05) is 18.5 Å². The number of anilines is 1. The lowest BCUT2D eigenvalue weighted by molar-refractivity contribution is 0.333. The van der Waals surface area contributed by atoms with E-state index in [-0.39, 0.29) is 5.82 Å². The second-order valence-corrected chi connectivity index (χ2v) is 4.17. The zero-order valence-electron chi connectivity index (χ0n) is 9.70. The van der Waals surface area contributed by atoms with E-state index in [0.29, 0.717) is 18.2 Å². The maximum absolute atomic E-state index is 12.7. The summed E-state index contributed by atoms with van der Waals surface area (Å²) in [5.74, 6) is 0.540. The van der Waals surface area contributed by atoms with Gasteiger partial charge in [-0.25, -0.2) is 4.39 Å². The van der Waals surface area contributed by atoms with Gasteiger partial charge in [0, 0.05) is 17.3 Å². The molecule has 94 valence electrons. The molecule has 0 bridgehead atoms. The summed E-state index contributed by atoms with van der Waals surface area (Å²) in [6.45, 7) is 1.17. The number of benzene rings is 2. The Morgan fingerprint density at radius 1 is 1.00 bits per heavy atom. The highest BCUT2D eigenvalue weighted by atomic mass is 35.5. The molecule has 0 aliphatic carbocycles. The van der Waals surface area contributed by atoms with Gasteiger partial charge < -0.3 is 10.1 Å². The van der Waals surface area contributed by atoms with Crippen molar-refractivity contribution < 1.29 is 9.13 Å². The second-order valence-electron chi connectivity index (χ2n) is 3.74. The van der Waals surface area contributed by atoms with Crippen LogP contribution in [0, 0.1) is 5.82 Å². The van der Waals surface area contributed by atoms with E-state index >= 15 is 0 Å². The van der Waals surface area contributed by atoms with E-state index in [1.807, 2.05) is 12.1 Å². The molecular weight excluding hydrogens is 253 g/mol. The Bertz CT molecular complexity index is 437. The van der Waals surface area contributed by atoms with Crippen molar-refractivity contribution in [3.05, 3.63) is 59.4 Å². The number of halogens is 2. The first kappa shape index (κ1) is 12.7. The van der Waals surface area contributed by atoms with Gasteiger partial charge >= 0.3 is 0 Å². The van der Waals surface area contributed by atoms with Crippen LogP contribution < -0.4 is 10.1 Å². The Morgan fingerprint density at radius 2 is 1.67 bits per heavy atom. The molecule has 0 amide bonds. The molecule has 0 radical (unpaired) electrons. The molecule has 0 aliphatic rings. The molecule has 0 unspecified atom stereocenters. The minimum Gasteiger partial charge on any atom is -0.492 e. The van der Waals surface area contributed by atoms with Gasteiger partial charge in [-0.15, -0.1) is 0 Å². The number of ether oxygens (including phenoxy) is 1. The van der Waals surface area contributed by atoms with Crippen molar-refractivity contribution in [2.45, 2.75) is 0 Å². The van der Waals surface area contributed by atoms with Crippen molar-refractivity contribution >= 4 is 17.3 Å². The number of hydrogen-bond donors (Lipinski definition) is 1. The summed E-state index contributed by atoms with van der Waals surface area (Å²) < 4.78 is 18.2. The minimum absolute atomic E-state index is 0.238. The van der Waals surface area contributed by atoms with Crippen LogP contribution in [0.3, 0.4) is 0 Å². The van der Waals surface area contributed by atoms with Gasteiger partial charge in [0.25, 0.3) is 0 Å². The van der Waals surface area contributed by atoms with Gasteiger partial charge in [-0.05, 0) is 48.5 Å². The number of hydrogen-bond acceptors (Lipinski definition) is 2. The van der Waals surface area contributed by atoms with E-state index < -0.39 is 0 Å². The van der Waals surface area contributed by atoms with E-state index in [9.17, 15) is 4.39 Å². The van der Waals surface area contributed by atoms with Crippen LogP contribution in [-0.4, -0.2) is 13.2 Å². The Kier molecular flexibility index (Phi) is 4.42. The van der Waals surface area contributed by atoms with Crippen molar-refractivity contribution in [2.24, 2.45) is 0 Å². The second kappa shape index (κ2) is 6.26. The first-order valence-corrected chi connectivity index (χ1v) is 6.00. The summed E-state index contributed by atoms with van der Waals surface area (Å²) in [4.78, 5) is 0. The summed E-state index contributed by atoms with van der Waals surface area (Å²) >= 11 is 5.77. The van der Waals surface area contributed by atoms with Gasteiger partial charge in [0.05, 0.1) is 0 Å². The largest absolute Gasteiger partial charge is 0.492 e. The molecular formula is C14H13ClFNO. The monoisotopic (exact) mass is 265 g/mol. The summed E-state index contributed by atoms with van der Waals surface area (Å²) in [6.07, 6.45) is 0. The molecule has 2 aromatic rings. The van der Waals surface area contributed by atoms with Crippen LogP contribution in [0.1, 0.15) is 0 Å². The van der Waals surface area contributed by atoms with Crippen LogP contribution in [0.4, 0.5) is 10.1 Å². The first-order valence-electron chi connectivity index (χ1n) is 5.62. The molecule has 2 aromatic carbocycles. The molecule has 0 saturated heterocycles. The highest BCUT2D eigenvalue weighted by Gasteiger charge is 1.95. The summed E-state index contributed by atoms with van der Waals surface area (Å²) in [5, 5.41) is 3.82. The maximum atomic E-state index is 12.7. The van der Waals surface area contributed by atoms with E-state index in [1.165, 1.54) is 12.1 Å². The molecule has 0 saturated carbocycles. The molecule has 0 spiro atoms. The normalized spacial score (nSPS) is 10.1. The van der Waals surface area contributed by atoms with E-state index in [2.05, 4.69) is 5.32 Å². The molecule has 0 aromatic heterocycles. The third-order valence-corrected chi connectivity index (χ3v) is 2.61. The minimum atomic E-state index is -0.238. The fourth-order valence-corrected chi connectivity index (χ4v) is 1.59. The molecule has 18 heavy (non-hydrogen) atoms. The molecule has 0 heterocycles. The molecule has 0 aliphatic heterocycles. The lowest BCUT2D eigenvalue weighted by Gasteiger charge is -2.08. The van der Waals surface area contributed by atoms with Crippen molar-refractivity contribution in [3.63, 3.8) is 0 Å². The van der Waals surface area contributed by atoms with Crippen LogP contribution >= 0.6 is 11.6 Å². The Morgan fingerprint density at radius 3 is 2.33 bits per heavy atom. The van der Waals surface area contributed by atoms with Crippen LogP contribution in [-0.2, 0) is 0 Å². The predicted octanol–water partition coefficient (Wildman–Crippen LogP) is 3.97. The zero-order valence-corrected chi connectivity index (χ0v) is 10.5. The highest BCUT2D eigenvalue weighted by molar-refractivity contribution is 6.30. The van der Waals surface area contributed by atoms with Crippen molar-refractivity contribution in [1.82, 2.24) is 0 Å². The average Bonchev–Trinajstić information content (AvgIpc) is 2.39. The zero-order chi connectivity index (χ0) is 12.8. The third-order valence-electron chi connectivity index (χ3n) is 2.36. The van der Waals surface area contributed by atoms with Crippen LogP contribution in [0.25, 0.3) is 0 Å². The van der Waals surface area contributed by atoms with E-state index in [0.717, 1.165) is 11.4 Å². The van der Waals surface area contributed by atoms with Gasteiger partial charge in [-0.2, -0.15) is 0 Å². The SMILES string of the molecule is Fc1ccc(NCCOc2ccc(Cl)cc2)cc1. The molecule has 2 rings (SSSR count). The fraction of sp³-hybridized carbons (Fsp3) is 0.143. The molecule has 1 N–H and O–H groups in total. The summed E-state index contributed by atoms with van der Waals surface area (Å²) in [6, 6.07) is 13.4. The average molecular weight is 266 g/mol. The van der Waals surface area contributed by atoms with Gasteiger partial charge in [0.2, 0.25) is 0 Å². The highest BCUT2D eigenvalue weighted by Crippen LogP contribution is 2.15. The van der Waals surface area contributed by atoms with Crippen molar-refractivity contribution in [1.29, 1.82) is 0 Å². The first-order chi connectivity index (χ1) is 8.74. The quantitative estimate of drug-likeness (QED) is 0.826. The van der Waals surface area contributed by atoms with Gasteiger partial charge in [0.15, 0.2) is 0 Å². The predicted molar refractivity (Wildman–Crippen MR) is 71.8 cm³/mol. The smallest absolute Gasteiger partial charge is 0.123 e. The Balaban J connectivity index is 1.73. The lowest BCUT2D eigenvalue weighted by atomic mass is 10.3. The number of rotatable bonds is 5.